The molecule has 4 bridgehead atoms. The van der Waals surface area contributed by atoms with E-state index in [4.69, 9.17) is 4.74 Å². The molecular weight excluding hydrogens is 400 g/mol. The number of nitrogens with zero attached hydrogens (tertiary/aromatic N) is 2. The third kappa shape index (κ3) is 3.42. The molecule has 2 N–H and O–H groups in total. The molecule has 2 aliphatic rings. The summed E-state index contributed by atoms with van der Waals surface area (Å²) in [5.74, 6) is 2.59. The quantitative estimate of drug-likeness (QED) is 0.426. The van der Waals surface area contributed by atoms with E-state index in [1.165, 1.54) is 5.56 Å². The van der Waals surface area contributed by atoms with Crippen LogP contribution in [-0.4, -0.2) is 22.0 Å². The second-order valence-electron chi connectivity index (χ2n) is 8.46. The lowest BCUT2D eigenvalue weighted by molar-refractivity contribution is -0.115. The van der Waals surface area contributed by atoms with Crippen LogP contribution in [0, 0.1) is 0 Å². The number of rotatable bonds is 0. The number of imidazole rings is 1. The topological polar surface area (TPSA) is 68.2 Å². The average Bonchev–Trinajstić information content (AvgIpc) is 3.22. The summed E-state index contributed by atoms with van der Waals surface area (Å²) in [5, 5.41) is 8.36. The maximum atomic E-state index is 12.7. The summed E-state index contributed by atoms with van der Waals surface area (Å²) in [6, 6.07) is 20.5. The zero-order chi connectivity index (χ0) is 21.5. The van der Waals surface area contributed by atoms with Crippen molar-refractivity contribution in [3.63, 3.8) is 0 Å². The highest BCUT2D eigenvalue weighted by molar-refractivity contribution is 6.03. The lowest BCUT2D eigenvalue weighted by Crippen LogP contribution is -2.29. The summed E-state index contributed by atoms with van der Waals surface area (Å²) in [4.78, 5) is 17.3. The normalized spacial score (nSPS) is 18.1. The third-order valence-corrected chi connectivity index (χ3v) is 6.34. The molecule has 0 spiro atoms. The first-order valence-corrected chi connectivity index (χ1v) is 11.1. The summed E-state index contributed by atoms with van der Waals surface area (Å²) in [5.41, 5.74) is 3.10. The fourth-order valence-corrected chi connectivity index (χ4v) is 4.88. The molecule has 2 aliphatic heterocycles. The standard InChI is InChI=1S/C26H24N4O2/c31-26-16-27-14-19-15-28-25-9-3-8-24(30(19)25)18-5-1-6-20(12-18)32-21-11-10-17-4-2-7-23(29-26)22(17)13-21/h1-2,4-7,10-13,15,24,27H,3,8-9,14,16H2,(H,29,31). The Balaban J connectivity index is 1.47. The van der Waals surface area contributed by atoms with Crippen LogP contribution in [0.2, 0.25) is 0 Å². The molecule has 3 heterocycles. The van der Waals surface area contributed by atoms with Crippen molar-refractivity contribution in [3.05, 3.63) is 83.9 Å². The number of hydrogen-bond donors (Lipinski definition) is 2. The maximum absolute atomic E-state index is 12.7. The number of aromatic nitrogens is 2. The van der Waals surface area contributed by atoms with E-state index < -0.39 is 0 Å². The Hall–Kier alpha value is -3.64. The van der Waals surface area contributed by atoms with Gasteiger partial charge in [-0.15, -0.1) is 0 Å². The van der Waals surface area contributed by atoms with Gasteiger partial charge in [0.15, 0.2) is 0 Å². The molecule has 0 fully saturated rings. The zero-order valence-electron chi connectivity index (χ0n) is 17.7. The molecule has 0 saturated carbocycles. The number of fused-ring (bicyclic) bond motifs is 4. The maximum Gasteiger partial charge on any atom is 0.238 e. The Morgan fingerprint density at radius 3 is 2.88 bits per heavy atom. The Morgan fingerprint density at radius 2 is 1.91 bits per heavy atom. The monoisotopic (exact) mass is 424 g/mol. The Labute approximate surface area is 186 Å². The van der Waals surface area contributed by atoms with Gasteiger partial charge >= 0.3 is 0 Å². The average molecular weight is 425 g/mol. The largest absolute Gasteiger partial charge is 0.457 e. The van der Waals surface area contributed by atoms with Gasteiger partial charge in [0.05, 0.1) is 18.3 Å². The Kier molecular flexibility index (Phi) is 4.65. The van der Waals surface area contributed by atoms with Crippen molar-refractivity contribution in [2.24, 2.45) is 0 Å². The predicted octanol–water partition coefficient (Wildman–Crippen LogP) is 4.80. The van der Waals surface area contributed by atoms with E-state index in [0.717, 1.165) is 58.7 Å². The first-order chi connectivity index (χ1) is 15.7. The first-order valence-electron chi connectivity index (χ1n) is 11.1. The number of aryl methyl sites for hydroxylation is 1. The molecule has 6 heteroatoms. The number of carbonyl (C=O) groups excluding carboxylic acids is 1. The van der Waals surface area contributed by atoms with Gasteiger partial charge in [0.25, 0.3) is 0 Å². The van der Waals surface area contributed by atoms with Crippen LogP contribution < -0.4 is 15.4 Å². The van der Waals surface area contributed by atoms with Crippen molar-refractivity contribution in [2.75, 3.05) is 11.9 Å². The summed E-state index contributed by atoms with van der Waals surface area (Å²) in [7, 11) is 0. The van der Waals surface area contributed by atoms with Crippen molar-refractivity contribution in [1.82, 2.24) is 14.9 Å². The van der Waals surface area contributed by atoms with E-state index >= 15 is 0 Å². The molecule has 4 aromatic rings. The van der Waals surface area contributed by atoms with Gasteiger partial charge in [0, 0.05) is 30.2 Å². The molecule has 6 nitrogen and oxygen atoms in total. The molecule has 1 amide bonds. The van der Waals surface area contributed by atoms with Crippen LogP contribution in [0.25, 0.3) is 10.8 Å². The molecule has 0 aliphatic carbocycles. The Bertz CT molecular complexity index is 1330. The second-order valence-corrected chi connectivity index (χ2v) is 8.46. The minimum Gasteiger partial charge on any atom is -0.457 e. The van der Waals surface area contributed by atoms with Gasteiger partial charge in [0.1, 0.15) is 17.3 Å². The van der Waals surface area contributed by atoms with Crippen LogP contribution in [0.5, 0.6) is 11.5 Å². The molecule has 160 valence electrons. The zero-order valence-corrected chi connectivity index (χ0v) is 17.7. The smallest absolute Gasteiger partial charge is 0.238 e. The summed E-state index contributed by atoms with van der Waals surface area (Å²) < 4.78 is 8.60. The van der Waals surface area contributed by atoms with Crippen LogP contribution in [-0.2, 0) is 17.8 Å². The van der Waals surface area contributed by atoms with Gasteiger partial charge in [-0.05, 0) is 54.1 Å². The second kappa shape index (κ2) is 7.80. The fourth-order valence-electron chi connectivity index (χ4n) is 4.88. The molecule has 3 aromatic carbocycles. The van der Waals surface area contributed by atoms with Crippen LogP contribution in [0.4, 0.5) is 5.69 Å². The molecule has 1 unspecified atom stereocenters. The minimum atomic E-state index is -0.0731. The lowest BCUT2D eigenvalue weighted by Gasteiger charge is -2.28. The number of amides is 1. The third-order valence-electron chi connectivity index (χ3n) is 6.34. The lowest BCUT2D eigenvalue weighted by atomic mass is 9.96. The van der Waals surface area contributed by atoms with Gasteiger partial charge in [0.2, 0.25) is 5.91 Å². The SMILES string of the molecule is O=C1CNCc2cnc3n2C(CCC3)c2cccc(c2)Oc2ccc3cccc(c3c2)N1. The van der Waals surface area contributed by atoms with Crippen molar-refractivity contribution < 1.29 is 9.53 Å². The summed E-state index contributed by atoms with van der Waals surface area (Å²) >= 11 is 0. The van der Waals surface area contributed by atoms with Gasteiger partial charge in [-0.2, -0.15) is 0 Å². The molecule has 0 saturated heterocycles. The van der Waals surface area contributed by atoms with Crippen molar-refractivity contribution >= 4 is 22.4 Å². The first kappa shape index (κ1) is 19.1. The molecule has 6 rings (SSSR count). The number of ether oxygens (including phenoxy) is 1. The van der Waals surface area contributed by atoms with Crippen LogP contribution in [0.3, 0.4) is 0 Å². The highest BCUT2D eigenvalue weighted by Crippen LogP contribution is 2.35. The van der Waals surface area contributed by atoms with Crippen LogP contribution >= 0.6 is 0 Å². The van der Waals surface area contributed by atoms with Gasteiger partial charge in [-0.3, -0.25) is 4.79 Å². The highest BCUT2D eigenvalue weighted by Gasteiger charge is 2.25. The number of benzene rings is 3. The molecule has 1 aromatic heterocycles. The predicted molar refractivity (Wildman–Crippen MR) is 124 cm³/mol. The van der Waals surface area contributed by atoms with Crippen molar-refractivity contribution in [3.8, 4) is 11.5 Å². The molecular formula is C26H24N4O2. The van der Waals surface area contributed by atoms with Gasteiger partial charge in [-0.1, -0.05) is 30.3 Å². The molecule has 1 atom stereocenters. The van der Waals surface area contributed by atoms with Crippen molar-refractivity contribution in [2.45, 2.75) is 31.8 Å². The van der Waals surface area contributed by atoms with E-state index in [1.54, 1.807) is 0 Å². The molecule has 0 radical (unpaired) electrons. The van der Waals surface area contributed by atoms with Crippen molar-refractivity contribution in [1.29, 1.82) is 0 Å². The summed E-state index contributed by atoms with van der Waals surface area (Å²) in [6.07, 6.45) is 5.08. The van der Waals surface area contributed by atoms with Crippen LogP contribution in [0.1, 0.15) is 36.0 Å². The Morgan fingerprint density at radius 1 is 1.00 bits per heavy atom. The van der Waals surface area contributed by atoms with E-state index in [-0.39, 0.29) is 18.5 Å². The number of hydrogen-bond acceptors (Lipinski definition) is 4. The van der Waals surface area contributed by atoms with E-state index in [0.29, 0.717) is 6.54 Å². The number of carbonyl (C=O) groups is 1. The highest BCUT2D eigenvalue weighted by atomic mass is 16.5. The fraction of sp³-hybridized carbons (Fsp3) is 0.231. The van der Waals surface area contributed by atoms with E-state index in [1.807, 2.05) is 48.7 Å². The van der Waals surface area contributed by atoms with E-state index in [2.05, 4.69) is 38.4 Å². The van der Waals surface area contributed by atoms with Gasteiger partial charge in [-0.25, -0.2) is 4.98 Å². The number of anilines is 1. The molecule has 32 heavy (non-hydrogen) atoms. The number of nitrogens with one attached hydrogen (secondary N) is 2. The minimum absolute atomic E-state index is 0.0731. The van der Waals surface area contributed by atoms with E-state index in [9.17, 15) is 4.79 Å². The van der Waals surface area contributed by atoms with Crippen LogP contribution in [0.15, 0.2) is 66.9 Å². The summed E-state index contributed by atoms with van der Waals surface area (Å²) in [6.45, 7) is 0.819. The van der Waals surface area contributed by atoms with Gasteiger partial charge < -0.3 is 19.9 Å².